The second kappa shape index (κ2) is 4.09. The van der Waals surface area contributed by atoms with Gasteiger partial charge in [0.2, 0.25) is 0 Å². The zero-order valence-corrected chi connectivity index (χ0v) is 8.82. The predicted octanol–water partition coefficient (Wildman–Crippen LogP) is 1.54. The van der Waals surface area contributed by atoms with Gasteiger partial charge in [0.05, 0.1) is 6.10 Å². The molecule has 0 saturated heterocycles. The highest BCUT2D eigenvalue weighted by molar-refractivity contribution is 9.10. The van der Waals surface area contributed by atoms with Crippen LogP contribution in [0, 0.1) is 0 Å². The molecule has 0 aliphatic heterocycles. The summed E-state index contributed by atoms with van der Waals surface area (Å²) in [4.78, 5) is 0. The van der Waals surface area contributed by atoms with Gasteiger partial charge in [0.25, 0.3) is 0 Å². The van der Waals surface area contributed by atoms with Crippen molar-refractivity contribution in [3.05, 3.63) is 28.2 Å². The normalized spacial score (nSPS) is 15.4. The minimum atomic E-state index is -0.763. The molecule has 0 aliphatic carbocycles. The van der Waals surface area contributed by atoms with Crippen molar-refractivity contribution < 1.29 is 10.2 Å². The van der Waals surface area contributed by atoms with Gasteiger partial charge in [0.1, 0.15) is 5.75 Å². The average Bonchev–Trinajstić information content (AvgIpc) is 2.08. The van der Waals surface area contributed by atoms with Gasteiger partial charge in [-0.05, 0) is 30.7 Å². The van der Waals surface area contributed by atoms with Crippen LogP contribution in [0.15, 0.2) is 22.7 Å². The van der Waals surface area contributed by atoms with E-state index in [-0.39, 0.29) is 11.8 Å². The Morgan fingerprint density at radius 3 is 2.62 bits per heavy atom. The molecule has 0 unspecified atom stereocenters. The van der Waals surface area contributed by atoms with Gasteiger partial charge in [-0.3, -0.25) is 0 Å². The lowest BCUT2D eigenvalue weighted by Gasteiger charge is -2.16. The zero-order chi connectivity index (χ0) is 10.0. The summed E-state index contributed by atoms with van der Waals surface area (Å²) in [6.45, 7) is 1.71. The van der Waals surface area contributed by atoms with Gasteiger partial charge < -0.3 is 15.9 Å². The second-order valence-corrected chi connectivity index (χ2v) is 3.86. The van der Waals surface area contributed by atoms with E-state index in [9.17, 15) is 10.2 Å². The van der Waals surface area contributed by atoms with Crippen molar-refractivity contribution in [2.75, 3.05) is 0 Å². The van der Waals surface area contributed by atoms with E-state index in [4.69, 9.17) is 5.73 Å². The van der Waals surface area contributed by atoms with Crippen molar-refractivity contribution in [2.45, 2.75) is 19.1 Å². The predicted molar refractivity (Wildman–Crippen MR) is 54.4 cm³/mol. The first-order valence-electron chi connectivity index (χ1n) is 3.94. The molecule has 4 heteroatoms. The van der Waals surface area contributed by atoms with Crippen LogP contribution in [-0.4, -0.2) is 16.3 Å². The number of aromatic hydroxyl groups is 1. The smallest absolute Gasteiger partial charge is 0.116 e. The lowest BCUT2D eigenvalue weighted by atomic mass is 10.0. The number of nitrogens with two attached hydrogens (primary N) is 1. The van der Waals surface area contributed by atoms with Crippen LogP contribution < -0.4 is 5.73 Å². The Morgan fingerprint density at radius 2 is 2.08 bits per heavy atom. The van der Waals surface area contributed by atoms with Crippen molar-refractivity contribution in [1.82, 2.24) is 0 Å². The average molecular weight is 242 g/mol. The number of hydrogen-bond acceptors (Lipinski definition) is 3. The highest BCUT2D eigenvalue weighted by Gasteiger charge is 2.15. The molecule has 0 spiro atoms. The summed E-state index contributed by atoms with van der Waals surface area (Å²) in [5.41, 5.74) is 6.14. The molecule has 13 heavy (non-hydrogen) atoms. The van der Waals surface area contributed by atoms with Gasteiger partial charge in [0.15, 0.2) is 0 Å². The van der Waals surface area contributed by atoms with Gasteiger partial charge in [-0.25, -0.2) is 0 Å². The Hall–Kier alpha value is -0.580. The molecule has 3 nitrogen and oxygen atoms in total. The maximum Gasteiger partial charge on any atom is 0.116 e. The lowest BCUT2D eigenvalue weighted by Crippen LogP contribution is -2.24. The van der Waals surface area contributed by atoms with E-state index in [1.165, 1.54) is 6.07 Å². The van der Waals surface area contributed by atoms with Crippen molar-refractivity contribution in [3.63, 3.8) is 0 Å². The number of phenolic OH excluding ortho intramolecular Hbond substituents is 1. The summed E-state index contributed by atoms with van der Waals surface area (Å²) in [5.74, 6) is 0.123. The standard InChI is InChI=1S/C9H12BrNO2/c1-5(11)9(13)7-4-6(12)2-3-8(7)10/h2-5,9,12-13H,11H2,1H3/t5-,9-/m0/s1/i10-4. The molecule has 0 bridgehead atoms. The zero-order valence-electron chi connectivity index (χ0n) is 7.24. The molecule has 0 radical (unpaired) electrons. The molecule has 4 N–H and O–H groups in total. The molecule has 2 atom stereocenters. The molecule has 1 rings (SSSR count). The van der Waals surface area contributed by atoms with E-state index < -0.39 is 6.10 Å². The Bertz CT molecular complexity index is 302. The van der Waals surface area contributed by atoms with Gasteiger partial charge in [-0.2, -0.15) is 0 Å². The Kier molecular flexibility index (Phi) is 3.30. The van der Waals surface area contributed by atoms with Crippen molar-refractivity contribution >= 4 is 15.9 Å². The second-order valence-electron chi connectivity index (χ2n) is 3.01. The van der Waals surface area contributed by atoms with Crippen LogP contribution >= 0.6 is 15.9 Å². The van der Waals surface area contributed by atoms with Crippen LogP contribution in [0.25, 0.3) is 0 Å². The topological polar surface area (TPSA) is 66.5 Å². The number of halogens is 1. The lowest BCUT2D eigenvalue weighted by molar-refractivity contribution is 0.152. The molecule has 1 aromatic carbocycles. The molecule has 0 heterocycles. The maximum atomic E-state index is 9.64. The van der Waals surface area contributed by atoms with Gasteiger partial charge in [0, 0.05) is 10.5 Å². The maximum absolute atomic E-state index is 9.64. The van der Waals surface area contributed by atoms with E-state index in [2.05, 4.69) is 15.9 Å². The fourth-order valence-corrected chi connectivity index (χ4v) is 1.52. The third-order valence-electron chi connectivity index (χ3n) is 1.80. The first kappa shape index (κ1) is 10.5. The van der Waals surface area contributed by atoms with Crippen LogP contribution in [0.5, 0.6) is 5.75 Å². The van der Waals surface area contributed by atoms with Crippen molar-refractivity contribution in [2.24, 2.45) is 5.73 Å². The minimum Gasteiger partial charge on any atom is -0.508 e. The summed E-state index contributed by atoms with van der Waals surface area (Å²) in [5, 5.41) is 18.8. The largest absolute Gasteiger partial charge is 0.508 e. The van der Waals surface area contributed by atoms with E-state index in [1.807, 2.05) is 0 Å². The van der Waals surface area contributed by atoms with Crippen LogP contribution in [-0.2, 0) is 0 Å². The fraction of sp³-hybridized carbons (Fsp3) is 0.333. The molecule has 72 valence electrons. The monoisotopic (exact) mass is 242 g/mol. The molecule has 0 saturated carbocycles. The molecular formula is C9H12BrNO2. The van der Waals surface area contributed by atoms with Crippen LogP contribution in [0.4, 0.5) is 0 Å². The van der Waals surface area contributed by atoms with E-state index >= 15 is 0 Å². The first-order chi connectivity index (χ1) is 6.02. The molecule has 0 amide bonds. The van der Waals surface area contributed by atoms with Crippen LogP contribution in [0.2, 0.25) is 0 Å². The number of hydrogen-bond donors (Lipinski definition) is 3. The summed E-state index contributed by atoms with van der Waals surface area (Å²) in [6.07, 6.45) is -0.763. The Balaban J connectivity index is 3.05. The van der Waals surface area contributed by atoms with Gasteiger partial charge in [-0.1, -0.05) is 15.9 Å². The highest BCUT2D eigenvalue weighted by atomic mass is 75.9. The highest BCUT2D eigenvalue weighted by Crippen LogP contribution is 2.28. The number of phenols is 1. The van der Waals surface area contributed by atoms with Crippen molar-refractivity contribution in [3.8, 4) is 5.75 Å². The summed E-state index contributed by atoms with van der Waals surface area (Å²) in [7, 11) is 0. The van der Waals surface area contributed by atoms with Crippen LogP contribution in [0.3, 0.4) is 0 Å². The quantitative estimate of drug-likeness (QED) is 0.736. The summed E-state index contributed by atoms with van der Waals surface area (Å²) < 4.78 is 0.745. The van der Waals surface area contributed by atoms with E-state index in [0.29, 0.717) is 5.56 Å². The third-order valence-corrected chi connectivity index (χ3v) is 2.52. The number of benzene rings is 1. The number of aliphatic hydroxyl groups is 1. The Labute approximate surface area is 85.3 Å². The molecule has 0 fully saturated rings. The number of aliphatic hydroxyl groups excluding tert-OH is 1. The molecular weight excluding hydrogens is 230 g/mol. The van der Waals surface area contributed by atoms with E-state index in [1.54, 1.807) is 19.1 Å². The molecule has 0 aliphatic rings. The minimum absolute atomic E-state index is 0.123. The summed E-state index contributed by atoms with van der Waals surface area (Å²) >= 11 is 3.27. The van der Waals surface area contributed by atoms with Crippen LogP contribution in [0.1, 0.15) is 18.6 Å². The number of rotatable bonds is 2. The SMILES string of the molecule is C[C@H](N)[C@H](O)c1cc(O)ccc1[76Br]. The third kappa shape index (κ3) is 2.43. The Morgan fingerprint density at radius 1 is 1.46 bits per heavy atom. The van der Waals surface area contributed by atoms with E-state index in [0.717, 1.165) is 4.47 Å². The van der Waals surface area contributed by atoms with Crippen molar-refractivity contribution in [1.29, 1.82) is 0 Å². The van der Waals surface area contributed by atoms with Gasteiger partial charge >= 0.3 is 0 Å². The van der Waals surface area contributed by atoms with Gasteiger partial charge in [-0.15, -0.1) is 0 Å². The molecule has 1 aromatic rings. The summed E-state index contributed by atoms with van der Waals surface area (Å²) in [6, 6.07) is 4.36. The first-order valence-corrected chi connectivity index (χ1v) is 4.73. The molecule has 0 aromatic heterocycles. The fourth-order valence-electron chi connectivity index (χ4n) is 1.04.